The fraction of sp³-hybridized carbons (Fsp3) is 0.115. The molecule has 62 heavy (non-hydrogen) atoms. The fourth-order valence-corrected chi connectivity index (χ4v) is 16.2. The largest absolute Gasteiger partial charge is 0.240 e. The molecule has 0 saturated heterocycles. The minimum absolute atomic E-state index is 0.669. The highest BCUT2D eigenvalue weighted by atomic mass is 28.2. The molecule has 10 heteroatoms. The lowest BCUT2D eigenvalue weighted by atomic mass is 9.76. The van der Waals surface area contributed by atoms with Crippen molar-refractivity contribution in [3.63, 3.8) is 0 Å². The van der Waals surface area contributed by atoms with Crippen molar-refractivity contribution in [1.29, 1.82) is 0 Å². The van der Waals surface area contributed by atoms with E-state index in [1.165, 1.54) is 21.5 Å². The maximum absolute atomic E-state index is 5.24. The van der Waals surface area contributed by atoms with Crippen molar-refractivity contribution in [2.45, 2.75) is 36.0 Å². The lowest BCUT2D eigenvalue weighted by Gasteiger charge is -2.39. The summed E-state index contributed by atoms with van der Waals surface area (Å²) in [6, 6.07) is 50.7. The van der Waals surface area contributed by atoms with Crippen LogP contribution in [-0.2, 0) is 10.1 Å². The molecule has 8 nitrogen and oxygen atoms in total. The average Bonchev–Trinajstić information content (AvgIpc) is 3.78. The summed E-state index contributed by atoms with van der Waals surface area (Å²) < 4.78 is 0. The molecule has 6 heterocycles. The van der Waals surface area contributed by atoms with Gasteiger partial charge in [-0.25, -0.2) is 39.9 Å². The SMILES string of the molecule is C[Si]1=C(c2ncccn2)C(c2ccccc2)=C(c2ccccc2)C1(CCC1(c2ncccn2)C(c2ccccc2)=C(c2ccccc2)C(c2ncccn2)=[Si]1C)c1ncccn1. The van der Waals surface area contributed by atoms with E-state index >= 15 is 0 Å². The monoisotopic (exact) mass is 834 g/mol. The molecule has 0 spiro atoms. The Bertz CT molecular complexity index is 2780. The quantitative estimate of drug-likeness (QED) is 0.119. The number of hydrogen-bond acceptors (Lipinski definition) is 8. The van der Waals surface area contributed by atoms with Crippen molar-refractivity contribution in [2.75, 3.05) is 0 Å². The van der Waals surface area contributed by atoms with E-state index in [1.807, 2.05) is 73.8 Å². The van der Waals surface area contributed by atoms with Crippen LogP contribution in [0.15, 0.2) is 195 Å². The van der Waals surface area contributed by atoms with E-state index in [0.29, 0.717) is 12.8 Å². The van der Waals surface area contributed by atoms with Crippen LogP contribution in [0.2, 0.25) is 13.1 Å². The number of hydrogen-bond donors (Lipinski definition) is 0. The molecule has 0 saturated carbocycles. The van der Waals surface area contributed by atoms with E-state index in [9.17, 15) is 0 Å². The summed E-state index contributed by atoms with van der Waals surface area (Å²) in [4.78, 5) is 40.9. The smallest absolute Gasteiger partial charge is 0.154 e. The third-order valence-electron chi connectivity index (χ3n) is 12.5. The second kappa shape index (κ2) is 16.7. The molecule has 10 rings (SSSR count). The number of benzene rings is 4. The van der Waals surface area contributed by atoms with Gasteiger partial charge in [-0.05, 0) is 81.7 Å². The van der Waals surface area contributed by atoms with Crippen LogP contribution in [-0.4, -0.2) is 67.0 Å². The highest BCUT2D eigenvalue weighted by Gasteiger charge is 2.55. The van der Waals surface area contributed by atoms with E-state index in [-0.39, 0.29) is 0 Å². The van der Waals surface area contributed by atoms with Crippen molar-refractivity contribution >= 4 is 49.4 Å². The van der Waals surface area contributed by atoms with Crippen LogP contribution in [0.5, 0.6) is 0 Å². The minimum Gasteiger partial charge on any atom is -0.240 e. The second-order valence-corrected chi connectivity index (χ2v) is 20.8. The normalized spacial score (nSPS) is 18.8. The summed E-state index contributed by atoms with van der Waals surface area (Å²) in [6.07, 6.45) is 16.3. The van der Waals surface area contributed by atoms with Gasteiger partial charge in [-0.3, -0.25) is 0 Å². The van der Waals surface area contributed by atoms with Gasteiger partial charge in [0.1, 0.15) is 11.6 Å². The molecule has 2 aliphatic rings. The first kappa shape index (κ1) is 39.0. The first-order valence-electron chi connectivity index (χ1n) is 20.9. The molecular weight excluding hydrogens is 793 g/mol. The molecule has 0 bridgehead atoms. The topological polar surface area (TPSA) is 103 Å². The van der Waals surface area contributed by atoms with E-state index in [4.69, 9.17) is 39.9 Å². The Morgan fingerprint density at radius 3 is 0.919 bits per heavy atom. The fourth-order valence-electron chi connectivity index (χ4n) is 9.87. The predicted molar refractivity (Wildman–Crippen MR) is 252 cm³/mol. The predicted octanol–water partition coefficient (Wildman–Crippen LogP) is 8.98. The summed E-state index contributed by atoms with van der Waals surface area (Å²) in [5.74, 6) is 3.07. The highest BCUT2D eigenvalue weighted by molar-refractivity contribution is 6.88. The molecule has 298 valence electrons. The maximum atomic E-state index is 5.24. The van der Waals surface area contributed by atoms with Gasteiger partial charge in [-0.1, -0.05) is 134 Å². The van der Waals surface area contributed by atoms with Crippen LogP contribution >= 0.6 is 0 Å². The van der Waals surface area contributed by atoms with Crippen molar-refractivity contribution < 1.29 is 0 Å². The summed E-state index contributed by atoms with van der Waals surface area (Å²) in [5, 5.41) is 0.996. The van der Waals surface area contributed by atoms with Crippen LogP contribution in [0.4, 0.5) is 0 Å². The molecule has 0 fully saturated rings. The third kappa shape index (κ3) is 6.50. The molecule has 0 N–H and O–H groups in total. The first-order valence-corrected chi connectivity index (χ1v) is 24.9. The molecule has 0 radical (unpaired) electrons. The maximum Gasteiger partial charge on any atom is 0.154 e. The minimum atomic E-state index is -1.70. The Morgan fingerprint density at radius 2 is 0.613 bits per heavy atom. The van der Waals surface area contributed by atoms with Crippen LogP contribution in [0.1, 0.15) is 58.4 Å². The molecule has 2 atom stereocenters. The Hall–Kier alpha value is -7.15. The molecule has 2 unspecified atom stereocenters. The van der Waals surface area contributed by atoms with Gasteiger partial charge in [0.2, 0.25) is 0 Å². The zero-order valence-corrected chi connectivity index (χ0v) is 36.5. The number of aromatic nitrogens is 8. The summed E-state index contributed by atoms with van der Waals surface area (Å²) in [6.45, 7) is 4.84. The number of allylic oxidation sites excluding steroid dienone is 4. The van der Waals surface area contributed by atoms with E-state index < -0.39 is 26.9 Å². The zero-order chi connectivity index (χ0) is 41.9. The van der Waals surface area contributed by atoms with Crippen LogP contribution < -0.4 is 0 Å². The molecule has 0 aliphatic carbocycles. The van der Waals surface area contributed by atoms with Crippen molar-refractivity contribution in [2.24, 2.45) is 0 Å². The summed E-state index contributed by atoms with van der Waals surface area (Å²) in [5.41, 5.74) is 9.19. The first-order chi connectivity index (χ1) is 30.6. The Balaban J connectivity index is 1.33. The van der Waals surface area contributed by atoms with E-state index in [2.05, 4.69) is 134 Å². The number of rotatable bonds is 11. The van der Waals surface area contributed by atoms with Crippen LogP contribution in [0.3, 0.4) is 0 Å². The zero-order valence-electron chi connectivity index (χ0n) is 34.5. The third-order valence-corrected chi connectivity index (χ3v) is 18.9. The molecular formula is C52H42N8Si2. The Kier molecular flexibility index (Phi) is 10.5. The Morgan fingerprint density at radius 1 is 0.339 bits per heavy atom. The van der Waals surface area contributed by atoms with Crippen LogP contribution in [0, 0.1) is 0 Å². The van der Waals surface area contributed by atoms with Crippen molar-refractivity contribution in [1.82, 2.24) is 39.9 Å². The lowest BCUT2D eigenvalue weighted by Crippen LogP contribution is -2.44. The van der Waals surface area contributed by atoms with Crippen molar-refractivity contribution in [3.8, 4) is 0 Å². The molecule has 0 amide bonds. The van der Waals surface area contributed by atoms with E-state index in [1.54, 1.807) is 0 Å². The number of nitrogens with zero attached hydrogens (tertiary/aromatic N) is 8. The van der Waals surface area contributed by atoms with E-state index in [0.717, 1.165) is 56.7 Å². The van der Waals surface area contributed by atoms with Gasteiger partial charge in [-0.2, -0.15) is 0 Å². The standard InChI is InChI=1S/C52H42N8Si2/c1-61-45(47-53-29-15-30-54-47)41(37-19-7-3-8-20-37)43(39-23-11-5-12-24-39)51(61,49-57-33-17-34-58-49)27-28-52(50-59-35-18-36-60-50)44(40-25-13-6-14-26-40)42(38-21-9-4-10-22-38)46(62(52)2)48-55-31-16-32-56-48/h3-26,29-36H,27-28H2,1-2H3. The molecule has 4 aromatic heterocycles. The average molecular weight is 835 g/mol. The highest BCUT2D eigenvalue weighted by Crippen LogP contribution is 2.56. The van der Waals surface area contributed by atoms with Gasteiger partial charge in [0, 0.05) is 76.7 Å². The van der Waals surface area contributed by atoms with Gasteiger partial charge in [-0.15, -0.1) is 0 Å². The van der Waals surface area contributed by atoms with Gasteiger partial charge < -0.3 is 0 Å². The molecule has 2 aliphatic heterocycles. The molecule has 8 aromatic rings. The van der Waals surface area contributed by atoms with Gasteiger partial charge >= 0.3 is 0 Å². The van der Waals surface area contributed by atoms with Crippen molar-refractivity contribution in [3.05, 3.63) is 241 Å². The van der Waals surface area contributed by atoms with Crippen LogP contribution in [0.25, 0.3) is 22.3 Å². The summed E-state index contributed by atoms with van der Waals surface area (Å²) in [7, 11) is -3.40. The second-order valence-electron chi connectivity index (χ2n) is 15.6. The van der Waals surface area contributed by atoms with Gasteiger partial charge in [0.25, 0.3) is 0 Å². The lowest BCUT2D eigenvalue weighted by molar-refractivity contribution is 0.531. The molecule has 4 aromatic carbocycles. The van der Waals surface area contributed by atoms with Gasteiger partial charge in [0.15, 0.2) is 11.6 Å². The Labute approximate surface area is 364 Å². The summed E-state index contributed by atoms with van der Waals surface area (Å²) >= 11 is 0. The van der Waals surface area contributed by atoms with Gasteiger partial charge in [0.05, 0.1) is 10.1 Å².